The van der Waals surface area contributed by atoms with Crippen molar-refractivity contribution in [3.63, 3.8) is 0 Å². The van der Waals surface area contributed by atoms with Gasteiger partial charge in [-0.05, 0) is 43.0 Å². The number of piperidine rings is 1. The number of nitrogen functional groups attached to an aromatic ring is 1. The molecule has 3 rings (SSSR count). The van der Waals surface area contributed by atoms with Crippen molar-refractivity contribution in [2.45, 2.75) is 19.8 Å². The summed E-state index contributed by atoms with van der Waals surface area (Å²) in [5, 5.41) is 2.81. The Morgan fingerprint density at radius 1 is 1.22 bits per heavy atom. The van der Waals surface area contributed by atoms with Gasteiger partial charge < -0.3 is 20.7 Å². The highest BCUT2D eigenvalue weighted by molar-refractivity contribution is 6.05. The van der Waals surface area contributed by atoms with E-state index < -0.39 is 0 Å². The van der Waals surface area contributed by atoms with Gasteiger partial charge in [-0.15, -0.1) is 24.8 Å². The number of halogens is 2. The van der Waals surface area contributed by atoms with Gasteiger partial charge in [-0.2, -0.15) is 0 Å². The summed E-state index contributed by atoms with van der Waals surface area (Å²) in [6, 6.07) is 8.85. The first-order valence-corrected chi connectivity index (χ1v) is 8.52. The standard InChI is InChI=1S/C19H24N4O2.2ClH/c1-13-7-9-23(10-8-13)18-6-3-14(12-21-18)19(24)22-17-11-15(25-2)4-5-16(17)20;;/h3-6,11-13H,7-10,20H2,1-2H3,(H,22,24);2*1H. The Bertz CT molecular complexity index is 748. The monoisotopic (exact) mass is 412 g/mol. The predicted molar refractivity (Wildman–Crippen MR) is 115 cm³/mol. The topological polar surface area (TPSA) is 80.5 Å². The first kappa shape index (κ1) is 22.9. The second kappa shape index (κ2) is 10.2. The zero-order valence-electron chi connectivity index (χ0n) is 15.5. The number of methoxy groups -OCH3 is 1. The summed E-state index contributed by atoms with van der Waals surface area (Å²) in [6.07, 6.45) is 3.97. The Labute approximate surface area is 172 Å². The Morgan fingerprint density at radius 2 is 1.93 bits per heavy atom. The summed E-state index contributed by atoms with van der Waals surface area (Å²) in [7, 11) is 1.57. The molecule has 1 aliphatic rings. The second-order valence-corrected chi connectivity index (χ2v) is 6.48. The molecule has 1 amide bonds. The molecule has 0 unspecified atom stereocenters. The van der Waals surface area contributed by atoms with Gasteiger partial charge in [0.15, 0.2) is 0 Å². The van der Waals surface area contributed by atoms with E-state index in [1.54, 1.807) is 37.6 Å². The first-order valence-electron chi connectivity index (χ1n) is 8.52. The normalized spacial score (nSPS) is 13.9. The van der Waals surface area contributed by atoms with Crippen LogP contribution in [0.15, 0.2) is 36.5 Å². The molecule has 2 heterocycles. The van der Waals surface area contributed by atoms with Gasteiger partial charge in [0, 0.05) is 25.4 Å². The van der Waals surface area contributed by atoms with Crippen molar-refractivity contribution in [3.05, 3.63) is 42.1 Å². The van der Waals surface area contributed by atoms with Gasteiger partial charge in [-0.1, -0.05) is 6.92 Å². The van der Waals surface area contributed by atoms with E-state index in [-0.39, 0.29) is 30.7 Å². The van der Waals surface area contributed by atoms with Crippen LogP contribution in [0.3, 0.4) is 0 Å². The van der Waals surface area contributed by atoms with E-state index in [9.17, 15) is 4.79 Å². The zero-order valence-corrected chi connectivity index (χ0v) is 17.1. The minimum Gasteiger partial charge on any atom is -0.497 e. The molecule has 27 heavy (non-hydrogen) atoms. The molecule has 1 aliphatic heterocycles. The molecule has 1 aromatic carbocycles. The number of hydrogen-bond acceptors (Lipinski definition) is 5. The molecule has 148 valence electrons. The van der Waals surface area contributed by atoms with E-state index in [1.807, 2.05) is 6.07 Å². The molecule has 0 aliphatic carbocycles. The van der Waals surface area contributed by atoms with Crippen LogP contribution in [0.2, 0.25) is 0 Å². The lowest BCUT2D eigenvalue weighted by molar-refractivity contribution is 0.102. The second-order valence-electron chi connectivity index (χ2n) is 6.48. The van der Waals surface area contributed by atoms with Gasteiger partial charge in [0.1, 0.15) is 11.6 Å². The fourth-order valence-electron chi connectivity index (χ4n) is 2.91. The molecule has 6 nitrogen and oxygen atoms in total. The first-order chi connectivity index (χ1) is 12.1. The quantitative estimate of drug-likeness (QED) is 0.741. The maximum absolute atomic E-state index is 12.4. The third-order valence-electron chi connectivity index (χ3n) is 4.63. The van der Waals surface area contributed by atoms with Crippen LogP contribution in [-0.4, -0.2) is 31.1 Å². The minimum atomic E-state index is -0.244. The largest absolute Gasteiger partial charge is 0.497 e. The predicted octanol–water partition coefficient (Wildman–Crippen LogP) is 4.00. The number of ether oxygens (including phenoxy) is 1. The SMILES string of the molecule is COc1ccc(N)c(NC(=O)c2ccc(N3CCC(C)CC3)nc2)c1.Cl.Cl. The lowest BCUT2D eigenvalue weighted by atomic mass is 9.99. The average Bonchev–Trinajstić information content (AvgIpc) is 2.64. The molecular weight excluding hydrogens is 387 g/mol. The number of nitrogens with zero attached hydrogens (tertiary/aromatic N) is 2. The summed E-state index contributed by atoms with van der Waals surface area (Å²) in [5.41, 5.74) is 7.42. The van der Waals surface area contributed by atoms with Crippen LogP contribution < -0.4 is 20.7 Å². The van der Waals surface area contributed by atoms with Crippen molar-refractivity contribution in [2.24, 2.45) is 5.92 Å². The summed E-state index contributed by atoms with van der Waals surface area (Å²) in [6.45, 7) is 4.31. The maximum Gasteiger partial charge on any atom is 0.257 e. The van der Waals surface area contributed by atoms with Crippen LogP contribution in [0.4, 0.5) is 17.2 Å². The van der Waals surface area contributed by atoms with Crippen molar-refractivity contribution < 1.29 is 9.53 Å². The van der Waals surface area contributed by atoms with Crippen molar-refractivity contribution in [1.82, 2.24) is 4.98 Å². The molecule has 0 radical (unpaired) electrons. The lowest BCUT2D eigenvalue weighted by Crippen LogP contribution is -2.33. The highest BCUT2D eigenvalue weighted by Gasteiger charge is 2.17. The van der Waals surface area contributed by atoms with Gasteiger partial charge in [-0.25, -0.2) is 4.98 Å². The summed E-state index contributed by atoms with van der Waals surface area (Å²) in [5.74, 6) is 2.09. The van der Waals surface area contributed by atoms with Gasteiger partial charge in [0.05, 0.1) is 24.0 Å². The summed E-state index contributed by atoms with van der Waals surface area (Å²) < 4.78 is 5.16. The summed E-state index contributed by atoms with van der Waals surface area (Å²) in [4.78, 5) is 19.2. The fraction of sp³-hybridized carbons (Fsp3) is 0.368. The number of rotatable bonds is 4. The summed E-state index contributed by atoms with van der Waals surface area (Å²) >= 11 is 0. The van der Waals surface area contributed by atoms with Crippen molar-refractivity contribution >= 4 is 47.9 Å². The minimum absolute atomic E-state index is 0. The fourth-order valence-corrected chi connectivity index (χ4v) is 2.91. The van der Waals surface area contributed by atoms with Crippen LogP contribution in [0.1, 0.15) is 30.1 Å². The highest BCUT2D eigenvalue weighted by atomic mass is 35.5. The molecule has 1 fully saturated rings. The van der Waals surface area contributed by atoms with E-state index in [4.69, 9.17) is 10.5 Å². The molecule has 0 atom stereocenters. The Balaban J connectivity index is 0.00000182. The number of aromatic nitrogens is 1. The van der Waals surface area contributed by atoms with Gasteiger partial charge in [0.2, 0.25) is 0 Å². The Kier molecular flexibility index (Phi) is 8.66. The van der Waals surface area contributed by atoms with E-state index >= 15 is 0 Å². The van der Waals surface area contributed by atoms with E-state index in [2.05, 4.69) is 22.1 Å². The number of benzene rings is 1. The molecule has 0 spiro atoms. The number of nitrogens with two attached hydrogens (primary N) is 1. The molecular formula is C19H26Cl2N4O2. The number of anilines is 3. The number of hydrogen-bond donors (Lipinski definition) is 2. The average molecular weight is 413 g/mol. The van der Waals surface area contributed by atoms with Crippen LogP contribution >= 0.6 is 24.8 Å². The van der Waals surface area contributed by atoms with Crippen molar-refractivity contribution in [2.75, 3.05) is 36.1 Å². The van der Waals surface area contributed by atoms with Crippen molar-refractivity contribution in [3.8, 4) is 5.75 Å². The van der Waals surface area contributed by atoms with Gasteiger partial charge in [-0.3, -0.25) is 4.79 Å². The molecule has 8 heteroatoms. The van der Waals surface area contributed by atoms with Gasteiger partial charge >= 0.3 is 0 Å². The molecule has 0 saturated carbocycles. The van der Waals surface area contributed by atoms with E-state index in [1.165, 1.54) is 12.8 Å². The van der Waals surface area contributed by atoms with Crippen molar-refractivity contribution in [1.29, 1.82) is 0 Å². The van der Waals surface area contributed by atoms with Crippen LogP contribution in [0.5, 0.6) is 5.75 Å². The molecule has 1 saturated heterocycles. The molecule has 0 bridgehead atoms. The number of nitrogens with one attached hydrogen (secondary N) is 1. The number of carbonyl (C=O) groups is 1. The third kappa shape index (κ3) is 5.65. The van der Waals surface area contributed by atoms with Crippen LogP contribution in [-0.2, 0) is 0 Å². The molecule has 2 aromatic rings. The zero-order chi connectivity index (χ0) is 17.8. The Morgan fingerprint density at radius 3 is 2.52 bits per heavy atom. The van der Waals surface area contributed by atoms with Gasteiger partial charge in [0.25, 0.3) is 5.91 Å². The van der Waals surface area contributed by atoms with E-state index in [0.29, 0.717) is 22.7 Å². The smallest absolute Gasteiger partial charge is 0.257 e. The lowest BCUT2D eigenvalue weighted by Gasteiger charge is -2.31. The van der Waals surface area contributed by atoms with E-state index in [0.717, 1.165) is 24.8 Å². The molecule has 3 N–H and O–H groups in total. The molecule has 1 aromatic heterocycles. The number of amides is 1. The van der Waals surface area contributed by atoms with Crippen LogP contribution in [0, 0.1) is 5.92 Å². The maximum atomic E-state index is 12.4. The highest BCUT2D eigenvalue weighted by Crippen LogP contribution is 2.25. The third-order valence-corrected chi connectivity index (χ3v) is 4.63. The number of pyridine rings is 1. The number of carbonyl (C=O) groups excluding carboxylic acids is 1. The van der Waals surface area contributed by atoms with Crippen LogP contribution in [0.25, 0.3) is 0 Å². The Hall–Kier alpha value is -2.18.